The molecule has 5 nitrogen and oxygen atoms in total. The molecule has 3 rings (SSSR count). The SMILES string of the molecule is Cc1cc(CN2CCC(CNS(=O)(=O)CCc3ccccc3)CC2)c(C)o1. The number of benzene rings is 1. The second kappa shape index (κ2) is 9.04. The van der Waals surface area contributed by atoms with Gasteiger partial charge in [-0.1, -0.05) is 30.3 Å². The minimum Gasteiger partial charge on any atom is -0.466 e. The average molecular weight is 391 g/mol. The van der Waals surface area contributed by atoms with Gasteiger partial charge in [-0.25, -0.2) is 13.1 Å². The van der Waals surface area contributed by atoms with E-state index in [9.17, 15) is 8.42 Å². The maximum absolute atomic E-state index is 12.3. The lowest BCUT2D eigenvalue weighted by Gasteiger charge is -2.31. The maximum atomic E-state index is 12.3. The van der Waals surface area contributed by atoms with Crippen LogP contribution in [0.5, 0.6) is 0 Å². The Morgan fingerprint density at radius 2 is 1.85 bits per heavy atom. The van der Waals surface area contributed by atoms with Gasteiger partial charge in [-0.2, -0.15) is 0 Å². The van der Waals surface area contributed by atoms with Crippen LogP contribution >= 0.6 is 0 Å². The number of aryl methyl sites for hydroxylation is 3. The fourth-order valence-electron chi connectivity index (χ4n) is 3.64. The highest BCUT2D eigenvalue weighted by Crippen LogP contribution is 2.21. The minimum atomic E-state index is -3.22. The van der Waals surface area contributed by atoms with Crippen molar-refractivity contribution >= 4 is 10.0 Å². The number of nitrogens with one attached hydrogen (secondary N) is 1. The molecule has 0 atom stereocenters. The first-order valence-corrected chi connectivity index (χ1v) is 11.4. The van der Waals surface area contributed by atoms with E-state index in [-0.39, 0.29) is 5.75 Å². The summed E-state index contributed by atoms with van der Waals surface area (Å²) in [6.07, 6.45) is 2.60. The molecular weight excluding hydrogens is 360 g/mol. The van der Waals surface area contributed by atoms with Gasteiger partial charge >= 0.3 is 0 Å². The molecule has 0 bridgehead atoms. The predicted molar refractivity (Wildman–Crippen MR) is 108 cm³/mol. The van der Waals surface area contributed by atoms with Crippen LogP contribution in [0, 0.1) is 19.8 Å². The zero-order valence-corrected chi connectivity index (χ0v) is 17.1. The summed E-state index contributed by atoms with van der Waals surface area (Å²) in [5.41, 5.74) is 2.31. The molecule has 1 fully saturated rings. The summed E-state index contributed by atoms with van der Waals surface area (Å²) < 4.78 is 32.9. The number of hydrogen-bond donors (Lipinski definition) is 1. The first-order valence-electron chi connectivity index (χ1n) is 9.71. The van der Waals surface area contributed by atoms with Crippen molar-refractivity contribution in [2.24, 2.45) is 5.92 Å². The Morgan fingerprint density at radius 1 is 1.15 bits per heavy atom. The van der Waals surface area contributed by atoms with E-state index in [1.54, 1.807) is 0 Å². The van der Waals surface area contributed by atoms with Crippen molar-refractivity contribution in [3.05, 3.63) is 59.0 Å². The number of hydrogen-bond acceptors (Lipinski definition) is 4. The van der Waals surface area contributed by atoms with Crippen LogP contribution in [0.4, 0.5) is 0 Å². The van der Waals surface area contributed by atoms with Crippen molar-refractivity contribution in [3.8, 4) is 0 Å². The molecule has 6 heteroatoms. The molecule has 1 saturated heterocycles. The summed E-state index contributed by atoms with van der Waals surface area (Å²) in [7, 11) is -3.22. The van der Waals surface area contributed by atoms with Crippen LogP contribution in [0.25, 0.3) is 0 Å². The van der Waals surface area contributed by atoms with Gasteiger partial charge in [-0.15, -0.1) is 0 Å². The van der Waals surface area contributed by atoms with E-state index in [0.29, 0.717) is 18.9 Å². The Morgan fingerprint density at radius 3 is 2.48 bits per heavy atom. The molecule has 0 unspecified atom stereocenters. The van der Waals surface area contributed by atoms with Crippen LogP contribution in [0.3, 0.4) is 0 Å². The maximum Gasteiger partial charge on any atom is 0.211 e. The smallest absolute Gasteiger partial charge is 0.211 e. The first kappa shape index (κ1) is 20.1. The van der Waals surface area contributed by atoms with E-state index >= 15 is 0 Å². The van der Waals surface area contributed by atoms with Crippen LogP contribution in [-0.2, 0) is 23.0 Å². The summed E-state index contributed by atoms with van der Waals surface area (Å²) in [4.78, 5) is 2.43. The normalized spacial score (nSPS) is 16.7. The number of likely N-dealkylation sites (tertiary alicyclic amines) is 1. The third kappa shape index (κ3) is 6.19. The van der Waals surface area contributed by atoms with Crippen LogP contribution in [0.2, 0.25) is 0 Å². The lowest BCUT2D eigenvalue weighted by molar-refractivity contribution is 0.178. The molecule has 0 radical (unpaired) electrons. The Kier molecular flexibility index (Phi) is 6.73. The molecule has 0 aliphatic carbocycles. The van der Waals surface area contributed by atoms with Crippen molar-refractivity contribution in [3.63, 3.8) is 0 Å². The van der Waals surface area contributed by atoms with Crippen molar-refractivity contribution in [2.45, 2.75) is 39.7 Å². The van der Waals surface area contributed by atoms with Gasteiger partial charge in [0.15, 0.2) is 0 Å². The highest BCUT2D eigenvalue weighted by Gasteiger charge is 2.22. The molecule has 1 aliphatic rings. The molecule has 0 amide bonds. The molecule has 2 heterocycles. The Balaban J connectivity index is 1.39. The molecule has 1 aromatic carbocycles. The number of piperidine rings is 1. The summed E-state index contributed by atoms with van der Waals surface area (Å²) in [5, 5.41) is 0. The molecule has 27 heavy (non-hydrogen) atoms. The first-order chi connectivity index (χ1) is 12.9. The van der Waals surface area contributed by atoms with Gasteiger partial charge in [0, 0.05) is 18.7 Å². The Hall–Kier alpha value is -1.63. The van der Waals surface area contributed by atoms with Gasteiger partial charge in [0.05, 0.1) is 5.75 Å². The predicted octanol–water partition coefficient (Wildman–Crippen LogP) is 3.27. The highest BCUT2D eigenvalue weighted by atomic mass is 32.2. The molecule has 2 aromatic rings. The second-order valence-corrected chi connectivity index (χ2v) is 9.49. The Labute approximate surface area is 162 Å². The van der Waals surface area contributed by atoms with E-state index < -0.39 is 10.0 Å². The molecule has 1 aliphatic heterocycles. The lowest BCUT2D eigenvalue weighted by atomic mass is 9.97. The number of sulfonamides is 1. The average Bonchev–Trinajstić information content (AvgIpc) is 2.97. The summed E-state index contributed by atoms with van der Waals surface area (Å²) in [6, 6.07) is 11.9. The van der Waals surface area contributed by atoms with E-state index in [4.69, 9.17) is 4.42 Å². The Bertz CT molecular complexity index is 822. The van der Waals surface area contributed by atoms with Crippen molar-refractivity contribution < 1.29 is 12.8 Å². The van der Waals surface area contributed by atoms with Crippen molar-refractivity contribution in [1.82, 2.24) is 9.62 Å². The molecule has 0 saturated carbocycles. The quantitative estimate of drug-likeness (QED) is 0.751. The van der Waals surface area contributed by atoms with Gasteiger partial charge in [-0.3, -0.25) is 4.90 Å². The van der Waals surface area contributed by atoms with Gasteiger partial charge in [0.25, 0.3) is 0 Å². The highest BCUT2D eigenvalue weighted by molar-refractivity contribution is 7.89. The second-order valence-electron chi connectivity index (χ2n) is 7.56. The fourth-order valence-corrected chi connectivity index (χ4v) is 4.78. The van der Waals surface area contributed by atoms with Gasteiger partial charge in [0.1, 0.15) is 11.5 Å². The zero-order valence-electron chi connectivity index (χ0n) is 16.3. The number of furan rings is 1. The van der Waals surface area contributed by atoms with Crippen LogP contribution < -0.4 is 4.72 Å². The standard InChI is InChI=1S/C21H30N2O3S/c1-17-14-21(18(2)26-17)16-23-11-8-20(9-12-23)15-22-27(24,25)13-10-19-6-4-3-5-7-19/h3-7,14,20,22H,8-13,15-16H2,1-2H3. The molecule has 0 spiro atoms. The van der Waals surface area contributed by atoms with E-state index in [1.807, 2.05) is 44.2 Å². The number of rotatable bonds is 8. The third-order valence-electron chi connectivity index (χ3n) is 5.34. The zero-order chi connectivity index (χ0) is 19.3. The molecule has 148 valence electrons. The monoisotopic (exact) mass is 390 g/mol. The van der Waals surface area contributed by atoms with Crippen molar-refractivity contribution in [1.29, 1.82) is 0 Å². The lowest BCUT2D eigenvalue weighted by Crippen LogP contribution is -2.39. The largest absolute Gasteiger partial charge is 0.466 e. The van der Waals surface area contributed by atoms with Crippen LogP contribution in [0.1, 0.15) is 35.5 Å². The van der Waals surface area contributed by atoms with Gasteiger partial charge < -0.3 is 4.42 Å². The van der Waals surface area contributed by atoms with E-state index in [0.717, 1.165) is 49.6 Å². The third-order valence-corrected chi connectivity index (χ3v) is 6.69. The minimum absolute atomic E-state index is 0.148. The van der Waals surface area contributed by atoms with Crippen molar-refractivity contribution in [2.75, 3.05) is 25.4 Å². The van der Waals surface area contributed by atoms with Gasteiger partial charge in [0.2, 0.25) is 10.0 Å². The fraction of sp³-hybridized carbons (Fsp3) is 0.524. The molecule has 1 aromatic heterocycles. The van der Waals surface area contributed by atoms with E-state index in [2.05, 4.69) is 15.7 Å². The molecular formula is C21H30N2O3S. The van der Waals surface area contributed by atoms with Crippen LogP contribution in [-0.4, -0.2) is 38.7 Å². The summed E-state index contributed by atoms with van der Waals surface area (Å²) in [5.74, 6) is 2.53. The van der Waals surface area contributed by atoms with Gasteiger partial charge in [-0.05, 0) is 63.7 Å². The molecule has 1 N–H and O–H groups in total. The van der Waals surface area contributed by atoms with E-state index in [1.165, 1.54) is 5.56 Å². The van der Waals surface area contributed by atoms with Crippen LogP contribution in [0.15, 0.2) is 40.8 Å². The number of nitrogens with zero attached hydrogens (tertiary/aromatic N) is 1. The topological polar surface area (TPSA) is 62.6 Å². The summed E-state index contributed by atoms with van der Waals surface area (Å²) >= 11 is 0. The summed E-state index contributed by atoms with van der Waals surface area (Å²) in [6.45, 7) is 7.46.